The van der Waals surface area contributed by atoms with Gasteiger partial charge in [0.05, 0.1) is 0 Å². The van der Waals surface area contributed by atoms with Crippen molar-refractivity contribution in [3.8, 4) is 0 Å². The van der Waals surface area contributed by atoms with Crippen LogP contribution in [0.3, 0.4) is 0 Å². The Hall–Kier alpha value is -1.95. The third kappa shape index (κ3) is 4.57. The number of pyridine rings is 1. The Balaban J connectivity index is 0.00000225. The standard InChI is InChI=1S/C19H24N4O.ClH/c1-15(18-3-2-8-21-14-18)22-9-11-23(12-10-22)19(24)17-6-4-16(13-20)5-7-17;/h2-8,14-15H,9-13,20H2,1H3;1H. The maximum atomic E-state index is 12.6. The van der Waals surface area contributed by atoms with Crippen molar-refractivity contribution in [2.75, 3.05) is 26.2 Å². The smallest absolute Gasteiger partial charge is 0.253 e. The molecule has 0 saturated carbocycles. The van der Waals surface area contributed by atoms with Crippen LogP contribution in [-0.4, -0.2) is 46.9 Å². The monoisotopic (exact) mass is 360 g/mol. The number of piperazine rings is 1. The first-order chi connectivity index (χ1) is 11.7. The molecule has 0 bridgehead atoms. The average molecular weight is 361 g/mol. The molecule has 1 saturated heterocycles. The Morgan fingerprint density at radius 2 is 1.84 bits per heavy atom. The van der Waals surface area contributed by atoms with Gasteiger partial charge < -0.3 is 10.6 Å². The van der Waals surface area contributed by atoms with Gasteiger partial charge in [-0.2, -0.15) is 0 Å². The minimum atomic E-state index is 0. The molecule has 2 aromatic rings. The number of nitrogens with zero attached hydrogens (tertiary/aromatic N) is 3. The quantitative estimate of drug-likeness (QED) is 0.909. The molecule has 0 radical (unpaired) electrons. The molecule has 0 spiro atoms. The van der Waals surface area contributed by atoms with Gasteiger partial charge in [0.15, 0.2) is 0 Å². The van der Waals surface area contributed by atoms with Gasteiger partial charge in [-0.05, 0) is 36.2 Å². The van der Waals surface area contributed by atoms with Gasteiger partial charge in [0.2, 0.25) is 0 Å². The Morgan fingerprint density at radius 3 is 2.40 bits per heavy atom. The highest BCUT2D eigenvalue weighted by molar-refractivity contribution is 5.94. The summed E-state index contributed by atoms with van der Waals surface area (Å²) in [5, 5.41) is 0. The van der Waals surface area contributed by atoms with E-state index in [0.29, 0.717) is 12.6 Å². The predicted molar refractivity (Wildman–Crippen MR) is 102 cm³/mol. The molecule has 3 rings (SSSR count). The summed E-state index contributed by atoms with van der Waals surface area (Å²) < 4.78 is 0. The fraction of sp³-hybridized carbons (Fsp3) is 0.368. The molecular weight excluding hydrogens is 336 g/mol. The van der Waals surface area contributed by atoms with E-state index in [0.717, 1.165) is 37.3 Å². The van der Waals surface area contributed by atoms with Crippen LogP contribution >= 0.6 is 12.4 Å². The first-order valence-electron chi connectivity index (χ1n) is 8.41. The highest BCUT2D eigenvalue weighted by atomic mass is 35.5. The normalized spacial score (nSPS) is 16.2. The Labute approximate surface area is 155 Å². The van der Waals surface area contributed by atoms with Crippen molar-refractivity contribution in [1.82, 2.24) is 14.8 Å². The minimum Gasteiger partial charge on any atom is -0.336 e. The first kappa shape index (κ1) is 19.4. The number of carbonyl (C=O) groups excluding carboxylic acids is 1. The summed E-state index contributed by atoms with van der Waals surface area (Å²) in [6.45, 7) is 5.95. The van der Waals surface area contributed by atoms with E-state index in [1.807, 2.05) is 41.4 Å². The SMILES string of the molecule is CC(c1cccnc1)N1CCN(C(=O)c2ccc(CN)cc2)CC1.Cl. The lowest BCUT2D eigenvalue weighted by atomic mass is 10.1. The highest BCUT2D eigenvalue weighted by Gasteiger charge is 2.25. The van der Waals surface area contributed by atoms with Gasteiger partial charge in [-0.3, -0.25) is 14.7 Å². The summed E-state index contributed by atoms with van der Waals surface area (Å²) in [5.74, 6) is 0.104. The van der Waals surface area contributed by atoms with Crippen molar-refractivity contribution in [2.45, 2.75) is 19.5 Å². The van der Waals surface area contributed by atoms with Gasteiger partial charge in [-0.25, -0.2) is 0 Å². The molecule has 1 unspecified atom stereocenters. The van der Waals surface area contributed by atoms with E-state index < -0.39 is 0 Å². The lowest BCUT2D eigenvalue weighted by Gasteiger charge is -2.38. The highest BCUT2D eigenvalue weighted by Crippen LogP contribution is 2.21. The van der Waals surface area contributed by atoms with Gasteiger partial charge in [-0.15, -0.1) is 12.4 Å². The maximum Gasteiger partial charge on any atom is 0.253 e. The van der Waals surface area contributed by atoms with Crippen molar-refractivity contribution >= 4 is 18.3 Å². The van der Waals surface area contributed by atoms with E-state index in [1.54, 1.807) is 6.20 Å². The van der Waals surface area contributed by atoms with Crippen LogP contribution in [0.1, 0.15) is 34.5 Å². The summed E-state index contributed by atoms with van der Waals surface area (Å²) in [7, 11) is 0. The molecule has 1 aliphatic heterocycles. The van der Waals surface area contributed by atoms with Gasteiger partial charge in [0.1, 0.15) is 0 Å². The van der Waals surface area contributed by atoms with E-state index in [4.69, 9.17) is 5.73 Å². The van der Waals surface area contributed by atoms with E-state index >= 15 is 0 Å². The lowest BCUT2D eigenvalue weighted by Crippen LogP contribution is -2.49. The van der Waals surface area contributed by atoms with Crippen LogP contribution in [0, 0.1) is 0 Å². The molecule has 5 nitrogen and oxygen atoms in total. The fourth-order valence-corrected chi connectivity index (χ4v) is 3.11. The fourth-order valence-electron chi connectivity index (χ4n) is 3.11. The number of carbonyl (C=O) groups is 1. The summed E-state index contributed by atoms with van der Waals surface area (Å²) in [4.78, 5) is 21.1. The summed E-state index contributed by atoms with van der Waals surface area (Å²) in [6, 6.07) is 12.0. The number of aromatic nitrogens is 1. The van der Waals surface area contributed by atoms with Crippen LogP contribution in [0.4, 0.5) is 0 Å². The average Bonchev–Trinajstić information content (AvgIpc) is 2.68. The van der Waals surface area contributed by atoms with Gasteiger partial charge in [-0.1, -0.05) is 18.2 Å². The molecule has 0 aliphatic carbocycles. The van der Waals surface area contributed by atoms with Crippen LogP contribution in [0.5, 0.6) is 0 Å². The second-order valence-electron chi connectivity index (χ2n) is 6.19. The van der Waals surface area contributed by atoms with Crippen molar-refractivity contribution in [2.24, 2.45) is 5.73 Å². The number of hydrogen-bond acceptors (Lipinski definition) is 4. The van der Waals surface area contributed by atoms with E-state index in [9.17, 15) is 4.79 Å². The summed E-state index contributed by atoms with van der Waals surface area (Å²) in [5.41, 5.74) is 8.60. The Kier molecular flexibility index (Phi) is 6.93. The molecule has 2 N–H and O–H groups in total. The third-order valence-electron chi connectivity index (χ3n) is 4.75. The zero-order valence-electron chi connectivity index (χ0n) is 14.5. The first-order valence-corrected chi connectivity index (χ1v) is 8.41. The largest absolute Gasteiger partial charge is 0.336 e. The van der Waals surface area contributed by atoms with Crippen LogP contribution in [-0.2, 0) is 6.54 Å². The van der Waals surface area contributed by atoms with Crippen LogP contribution < -0.4 is 5.73 Å². The van der Waals surface area contributed by atoms with E-state index in [1.165, 1.54) is 5.56 Å². The molecule has 1 amide bonds. The molecule has 1 fully saturated rings. The van der Waals surface area contributed by atoms with Crippen LogP contribution in [0.2, 0.25) is 0 Å². The lowest BCUT2D eigenvalue weighted by molar-refractivity contribution is 0.0582. The van der Waals surface area contributed by atoms with Crippen molar-refractivity contribution in [3.63, 3.8) is 0 Å². The number of nitrogens with two attached hydrogens (primary N) is 1. The molecule has 25 heavy (non-hydrogen) atoms. The second kappa shape index (κ2) is 8.94. The maximum absolute atomic E-state index is 12.6. The van der Waals surface area contributed by atoms with Gasteiger partial charge in [0, 0.05) is 56.7 Å². The molecule has 1 aromatic heterocycles. The summed E-state index contributed by atoms with van der Waals surface area (Å²) >= 11 is 0. The minimum absolute atomic E-state index is 0. The molecule has 1 atom stereocenters. The number of amides is 1. The number of rotatable bonds is 4. The van der Waals surface area contributed by atoms with Crippen molar-refractivity contribution in [3.05, 3.63) is 65.5 Å². The summed E-state index contributed by atoms with van der Waals surface area (Å²) in [6.07, 6.45) is 3.71. The number of halogens is 1. The molecule has 1 aromatic carbocycles. The Bertz CT molecular complexity index is 670. The predicted octanol–water partition coefficient (Wildman–Crippen LogP) is 2.48. The molecular formula is C19H25ClN4O. The van der Waals surface area contributed by atoms with Crippen LogP contribution in [0.15, 0.2) is 48.8 Å². The van der Waals surface area contributed by atoms with Crippen LogP contribution in [0.25, 0.3) is 0 Å². The van der Waals surface area contributed by atoms with Crippen molar-refractivity contribution in [1.29, 1.82) is 0 Å². The third-order valence-corrected chi connectivity index (χ3v) is 4.75. The molecule has 2 heterocycles. The zero-order valence-corrected chi connectivity index (χ0v) is 15.3. The number of benzene rings is 1. The van der Waals surface area contributed by atoms with Gasteiger partial charge >= 0.3 is 0 Å². The topological polar surface area (TPSA) is 62.5 Å². The molecule has 1 aliphatic rings. The number of hydrogen-bond donors (Lipinski definition) is 1. The van der Waals surface area contributed by atoms with Crippen molar-refractivity contribution < 1.29 is 4.79 Å². The van der Waals surface area contributed by atoms with E-state index in [2.05, 4.69) is 22.9 Å². The Morgan fingerprint density at radius 1 is 1.16 bits per heavy atom. The molecule has 134 valence electrons. The van der Waals surface area contributed by atoms with Gasteiger partial charge in [0.25, 0.3) is 5.91 Å². The zero-order chi connectivity index (χ0) is 16.9. The second-order valence-corrected chi connectivity index (χ2v) is 6.19. The van der Waals surface area contributed by atoms with E-state index in [-0.39, 0.29) is 18.3 Å². The molecule has 6 heteroatoms.